The SMILES string of the molecule is OCCn1nc(-c2ccccc2)cc1-c1ccccc1O. The Morgan fingerprint density at radius 3 is 2.38 bits per heavy atom. The molecule has 2 aromatic carbocycles. The lowest BCUT2D eigenvalue weighted by Gasteiger charge is -2.07. The monoisotopic (exact) mass is 280 g/mol. The summed E-state index contributed by atoms with van der Waals surface area (Å²) in [6.45, 7) is 0.382. The van der Waals surface area contributed by atoms with Crippen LogP contribution < -0.4 is 0 Å². The van der Waals surface area contributed by atoms with Crippen LogP contribution in [0.25, 0.3) is 22.5 Å². The van der Waals surface area contributed by atoms with Crippen molar-refractivity contribution in [1.29, 1.82) is 0 Å². The maximum absolute atomic E-state index is 10.0. The third kappa shape index (κ3) is 2.66. The Labute approximate surface area is 122 Å². The Morgan fingerprint density at radius 2 is 1.67 bits per heavy atom. The van der Waals surface area contributed by atoms with Crippen molar-refractivity contribution in [3.8, 4) is 28.3 Å². The van der Waals surface area contributed by atoms with E-state index in [9.17, 15) is 10.2 Å². The van der Waals surface area contributed by atoms with E-state index in [1.807, 2.05) is 48.5 Å². The van der Waals surface area contributed by atoms with Gasteiger partial charge in [0.05, 0.1) is 24.5 Å². The minimum atomic E-state index is -0.00347. The molecule has 0 amide bonds. The number of benzene rings is 2. The molecule has 0 aliphatic carbocycles. The third-order valence-corrected chi connectivity index (χ3v) is 3.34. The Bertz CT molecular complexity index is 736. The standard InChI is InChI=1S/C17H16N2O2/c20-11-10-19-16(14-8-4-5-9-17(14)21)12-15(18-19)13-6-2-1-3-7-13/h1-9,12,20-21H,10-11H2. The van der Waals surface area contributed by atoms with Crippen LogP contribution in [0.3, 0.4) is 0 Å². The van der Waals surface area contributed by atoms with Crippen LogP contribution in [0.15, 0.2) is 60.7 Å². The fraction of sp³-hybridized carbons (Fsp3) is 0.118. The number of aromatic hydroxyl groups is 1. The lowest BCUT2D eigenvalue weighted by molar-refractivity contribution is 0.270. The molecule has 0 bridgehead atoms. The van der Waals surface area contributed by atoms with Crippen molar-refractivity contribution in [3.05, 3.63) is 60.7 Å². The van der Waals surface area contributed by atoms with Crippen LogP contribution in [0, 0.1) is 0 Å². The molecule has 2 N–H and O–H groups in total. The van der Waals surface area contributed by atoms with Gasteiger partial charge in [-0.25, -0.2) is 0 Å². The van der Waals surface area contributed by atoms with E-state index in [-0.39, 0.29) is 12.4 Å². The van der Waals surface area contributed by atoms with Gasteiger partial charge in [0, 0.05) is 11.1 Å². The molecule has 0 unspecified atom stereocenters. The molecule has 0 aliphatic rings. The first-order valence-electron chi connectivity index (χ1n) is 6.82. The first-order valence-corrected chi connectivity index (χ1v) is 6.82. The molecule has 21 heavy (non-hydrogen) atoms. The lowest BCUT2D eigenvalue weighted by Crippen LogP contribution is -2.05. The Morgan fingerprint density at radius 1 is 0.952 bits per heavy atom. The number of rotatable bonds is 4. The summed E-state index contributed by atoms with van der Waals surface area (Å²) in [5.74, 6) is 0.205. The number of para-hydroxylation sites is 1. The first kappa shape index (κ1) is 13.4. The molecule has 0 saturated carbocycles. The molecule has 4 heteroatoms. The molecule has 1 heterocycles. The molecule has 3 aromatic rings. The number of hydrogen-bond acceptors (Lipinski definition) is 3. The van der Waals surface area contributed by atoms with Gasteiger partial charge in [0.1, 0.15) is 5.75 Å². The highest BCUT2D eigenvalue weighted by molar-refractivity contribution is 5.72. The summed E-state index contributed by atoms with van der Waals surface area (Å²) in [5.41, 5.74) is 3.33. The van der Waals surface area contributed by atoms with Crippen molar-refractivity contribution < 1.29 is 10.2 Å². The van der Waals surface area contributed by atoms with Crippen molar-refractivity contribution in [2.24, 2.45) is 0 Å². The van der Waals surface area contributed by atoms with E-state index in [0.717, 1.165) is 17.0 Å². The molecule has 3 rings (SSSR count). The average Bonchev–Trinajstić information content (AvgIpc) is 2.93. The minimum absolute atomic E-state index is 0.00347. The molecule has 0 atom stereocenters. The molecule has 0 spiro atoms. The van der Waals surface area contributed by atoms with Crippen molar-refractivity contribution in [3.63, 3.8) is 0 Å². The second-order valence-corrected chi connectivity index (χ2v) is 4.74. The maximum Gasteiger partial charge on any atom is 0.124 e. The molecule has 1 aromatic heterocycles. The van der Waals surface area contributed by atoms with Crippen LogP contribution in [0.4, 0.5) is 0 Å². The van der Waals surface area contributed by atoms with Crippen LogP contribution in [-0.2, 0) is 6.54 Å². The molecule has 0 fully saturated rings. The molecular formula is C17H16N2O2. The summed E-state index contributed by atoms with van der Waals surface area (Å²) in [5, 5.41) is 23.8. The molecule has 0 radical (unpaired) electrons. The number of phenolic OH excluding ortho intramolecular Hbond substituents is 1. The van der Waals surface area contributed by atoms with Gasteiger partial charge in [-0.2, -0.15) is 5.10 Å². The Hall–Kier alpha value is -2.59. The van der Waals surface area contributed by atoms with Crippen LogP contribution >= 0.6 is 0 Å². The highest BCUT2D eigenvalue weighted by Gasteiger charge is 2.13. The summed E-state index contributed by atoms with van der Waals surface area (Å²) in [6, 6.07) is 18.9. The normalized spacial score (nSPS) is 10.7. The number of phenols is 1. The number of aliphatic hydroxyl groups excluding tert-OH is 1. The number of aliphatic hydroxyl groups is 1. The van der Waals surface area contributed by atoms with Gasteiger partial charge in [-0.15, -0.1) is 0 Å². The summed E-state index contributed by atoms with van der Waals surface area (Å²) < 4.78 is 1.72. The minimum Gasteiger partial charge on any atom is -0.507 e. The van der Waals surface area contributed by atoms with Crippen LogP contribution in [0.1, 0.15) is 0 Å². The van der Waals surface area contributed by atoms with Gasteiger partial charge in [0.2, 0.25) is 0 Å². The van der Waals surface area contributed by atoms with Crippen molar-refractivity contribution in [2.45, 2.75) is 6.54 Å². The molecule has 106 valence electrons. The molecule has 4 nitrogen and oxygen atoms in total. The van der Waals surface area contributed by atoms with Crippen molar-refractivity contribution in [1.82, 2.24) is 9.78 Å². The summed E-state index contributed by atoms with van der Waals surface area (Å²) in [6.07, 6.45) is 0. The Kier molecular flexibility index (Phi) is 3.71. The van der Waals surface area contributed by atoms with Gasteiger partial charge in [0.25, 0.3) is 0 Å². The number of hydrogen-bond donors (Lipinski definition) is 2. The van der Waals surface area contributed by atoms with E-state index in [4.69, 9.17) is 0 Å². The average molecular weight is 280 g/mol. The fourth-order valence-electron chi connectivity index (χ4n) is 2.34. The quantitative estimate of drug-likeness (QED) is 0.772. The highest BCUT2D eigenvalue weighted by atomic mass is 16.3. The van der Waals surface area contributed by atoms with Crippen LogP contribution in [-0.4, -0.2) is 26.6 Å². The zero-order valence-electron chi connectivity index (χ0n) is 11.5. The smallest absolute Gasteiger partial charge is 0.124 e. The van der Waals surface area contributed by atoms with Crippen molar-refractivity contribution >= 4 is 0 Å². The molecule has 0 saturated heterocycles. The second kappa shape index (κ2) is 5.81. The Balaban J connectivity index is 2.12. The van der Waals surface area contributed by atoms with E-state index in [1.165, 1.54) is 0 Å². The van der Waals surface area contributed by atoms with Crippen molar-refractivity contribution in [2.75, 3.05) is 6.61 Å². The summed E-state index contributed by atoms with van der Waals surface area (Å²) >= 11 is 0. The number of nitrogens with zero attached hydrogens (tertiary/aromatic N) is 2. The predicted octanol–water partition coefficient (Wildman–Crippen LogP) is 2.92. The zero-order chi connectivity index (χ0) is 14.7. The van der Waals surface area contributed by atoms with Gasteiger partial charge in [0.15, 0.2) is 0 Å². The van der Waals surface area contributed by atoms with E-state index in [0.29, 0.717) is 12.1 Å². The van der Waals surface area contributed by atoms with E-state index in [2.05, 4.69) is 5.10 Å². The van der Waals surface area contributed by atoms with Gasteiger partial charge >= 0.3 is 0 Å². The van der Waals surface area contributed by atoms with E-state index in [1.54, 1.807) is 16.8 Å². The summed E-state index contributed by atoms with van der Waals surface area (Å²) in [7, 11) is 0. The summed E-state index contributed by atoms with van der Waals surface area (Å²) in [4.78, 5) is 0. The van der Waals surface area contributed by atoms with Gasteiger partial charge in [-0.3, -0.25) is 4.68 Å². The largest absolute Gasteiger partial charge is 0.507 e. The maximum atomic E-state index is 10.0. The van der Waals surface area contributed by atoms with Crippen LogP contribution in [0.2, 0.25) is 0 Å². The van der Waals surface area contributed by atoms with Gasteiger partial charge in [-0.1, -0.05) is 42.5 Å². The van der Waals surface area contributed by atoms with E-state index < -0.39 is 0 Å². The van der Waals surface area contributed by atoms with Crippen LogP contribution in [0.5, 0.6) is 5.75 Å². The van der Waals surface area contributed by atoms with Gasteiger partial charge in [-0.05, 0) is 18.2 Å². The lowest BCUT2D eigenvalue weighted by atomic mass is 10.1. The third-order valence-electron chi connectivity index (χ3n) is 3.34. The predicted molar refractivity (Wildman–Crippen MR) is 81.8 cm³/mol. The molecular weight excluding hydrogens is 264 g/mol. The topological polar surface area (TPSA) is 58.3 Å². The van der Waals surface area contributed by atoms with Gasteiger partial charge < -0.3 is 10.2 Å². The highest BCUT2D eigenvalue weighted by Crippen LogP contribution is 2.31. The van der Waals surface area contributed by atoms with E-state index >= 15 is 0 Å². The zero-order valence-corrected chi connectivity index (χ0v) is 11.5. The fourth-order valence-corrected chi connectivity index (χ4v) is 2.34. The first-order chi connectivity index (χ1) is 10.3. The number of aromatic nitrogens is 2. The second-order valence-electron chi connectivity index (χ2n) is 4.74. The molecule has 0 aliphatic heterocycles.